The van der Waals surface area contributed by atoms with E-state index in [2.05, 4.69) is 15.3 Å². The Bertz CT molecular complexity index is 898. The van der Waals surface area contributed by atoms with Crippen LogP contribution in [0.3, 0.4) is 0 Å². The number of nitrogens with zero attached hydrogens (tertiary/aromatic N) is 4. The summed E-state index contributed by atoms with van der Waals surface area (Å²) < 4.78 is 8.98. The molecule has 8 nitrogen and oxygen atoms in total. The lowest BCUT2D eigenvalue weighted by molar-refractivity contribution is 0.0488. The molecule has 0 unspecified atom stereocenters. The van der Waals surface area contributed by atoms with Crippen LogP contribution in [0.15, 0.2) is 17.2 Å². The maximum Gasteiger partial charge on any atom is 0.407 e. The zero-order valence-electron chi connectivity index (χ0n) is 16.1. The quantitative estimate of drug-likeness (QED) is 0.893. The average Bonchev–Trinajstić information content (AvgIpc) is 3.37. The predicted molar refractivity (Wildman–Crippen MR) is 101 cm³/mol. The minimum atomic E-state index is -0.502. The van der Waals surface area contributed by atoms with Crippen LogP contribution in [0, 0.1) is 0 Å². The summed E-state index contributed by atoms with van der Waals surface area (Å²) in [6, 6.07) is 0.436. The Hall–Kier alpha value is -2.38. The molecule has 2 heterocycles. The third-order valence-corrected chi connectivity index (χ3v) is 5.22. The van der Waals surface area contributed by atoms with Gasteiger partial charge in [0.05, 0.1) is 0 Å². The molecule has 0 bridgehead atoms. The number of hydrogen-bond acceptors (Lipinski definition) is 5. The summed E-state index contributed by atoms with van der Waals surface area (Å²) >= 11 is 0. The lowest BCUT2D eigenvalue weighted by Crippen LogP contribution is -2.41. The van der Waals surface area contributed by atoms with Crippen molar-refractivity contribution in [2.75, 3.05) is 0 Å². The van der Waals surface area contributed by atoms with Gasteiger partial charge in [-0.15, -0.1) is 0 Å². The Morgan fingerprint density at radius 2 is 1.48 bits per heavy atom. The predicted octanol–water partition coefficient (Wildman–Crippen LogP) is 2.94. The molecule has 0 aliphatic heterocycles. The Balaban J connectivity index is 1.48. The van der Waals surface area contributed by atoms with Gasteiger partial charge in [-0.3, -0.25) is 9.13 Å². The second kappa shape index (κ2) is 6.65. The fourth-order valence-corrected chi connectivity index (χ4v) is 3.90. The van der Waals surface area contributed by atoms with Crippen LogP contribution < -0.4 is 11.0 Å². The molecular formula is C19H27N5O3. The second-order valence-electron chi connectivity index (χ2n) is 8.61. The molecule has 4 rings (SSSR count). The van der Waals surface area contributed by atoms with Crippen molar-refractivity contribution < 1.29 is 9.53 Å². The highest BCUT2D eigenvalue weighted by molar-refractivity contribution is 5.68. The standard InChI is InChI=1S/C19H27N5O3/c1-19(2,3)27-17(25)22-12-4-6-13(7-5-12)23-15-16(21-11-10-20-15)24(18(23)26)14-8-9-14/h10-14H,4-9H2,1-3H3,(H,22,25). The molecule has 2 aromatic heterocycles. The van der Waals surface area contributed by atoms with E-state index in [1.54, 1.807) is 12.4 Å². The fraction of sp³-hybridized carbons (Fsp3) is 0.684. The van der Waals surface area contributed by atoms with Crippen molar-refractivity contribution >= 4 is 17.4 Å². The van der Waals surface area contributed by atoms with Crippen LogP contribution in [0.1, 0.15) is 71.4 Å². The van der Waals surface area contributed by atoms with Crippen molar-refractivity contribution in [1.82, 2.24) is 24.4 Å². The number of nitrogens with one attached hydrogen (secondary N) is 1. The lowest BCUT2D eigenvalue weighted by Gasteiger charge is -2.30. The van der Waals surface area contributed by atoms with Gasteiger partial charge in [-0.2, -0.15) is 0 Å². The molecule has 0 spiro atoms. The SMILES string of the molecule is CC(C)(C)OC(=O)NC1CCC(n2c(=O)n(C3CC3)c3nccnc32)CC1. The summed E-state index contributed by atoms with van der Waals surface area (Å²) in [6.07, 6.45) is 8.24. The van der Waals surface area contributed by atoms with E-state index in [0.29, 0.717) is 11.3 Å². The number of imidazole rings is 1. The Morgan fingerprint density at radius 3 is 1.93 bits per heavy atom. The van der Waals surface area contributed by atoms with E-state index in [-0.39, 0.29) is 29.9 Å². The highest BCUT2D eigenvalue weighted by atomic mass is 16.6. The number of hydrogen-bond donors (Lipinski definition) is 1. The second-order valence-corrected chi connectivity index (χ2v) is 8.61. The van der Waals surface area contributed by atoms with Crippen LogP contribution in [-0.2, 0) is 4.74 Å². The maximum atomic E-state index is 13.0. The zero-order chi connectivity index (χ0) is 19.2. The number of alkyl carbamates (subject to hydrolysis) is 1. The molecule has 8 heteroatoms. The van der Waals surface area contributed by atoms with Gasteiger partial charge in [0.2, 0.25) is 0 Å². The van der Waals surface area contributed by atoms with Gasteiger partial charge in [-0.1, -0.05) is 0 Å². The molecule has 2 saturated carbocycles. The minimum absolute atomic E-state index is 0.00208. The average molecular weight is 373 g/mol. The Kier molecular flexibility index (Phi) is 4.44. The number of fused-ring (bicyclic) bond motifs is 1. The summed E-state index contributed by atoms with van der Waals surface area (Å²) in [5, 5.41) is 2.95. The van der Waals surface area contributed by atoms with Gasteiger partial charge in [0.25, 0.3) is 0 Å². The summed E-state index contributed by atoms with van der Waals surface area (Å²) in [4.78, 5) is 33.9. The third kappa shape index (κ3) is 3.70. The summed E-state index contributed by atoms with van der Waals surface area (Å²) in [7, 11) is 0. The van der Waals surface area contributed by atoms with Gasteiger partial charge in [-0.05, 0) is 59.3 Å². The van der Waals surface area contributed by atoms with Crippen LogP contribution in [0.2, 0.25) is 0 Å². The normalized spacial score (nSPS) is 23.4. The fourth-order valence-electron chi connectivity index (χ4n) is 3.90. The van der Waals surface area contributed by atoms with Gasteiger partial charge >= 0.3 is 11.8 Å². The van der Waals surface area contributed by atoms with Gasteiger partial charge < -0.3 is 10.1 Å². The molecule has 1 N–H and O–H groups in total. The van der Waals surface area contributed by atoms with Crippen molar-refractivity contribution in [3.8, 4) is 0 Å². The van der Waals surface area contributed by atoms with E-state index < -0.39 is 5.60 Å². The first-order valence-corrected chi connectivity index (χ1v) is 9.76. The summed E-state index contributed by atoms with van der Waals surface area (Å²) in [6.45, 7) is 5.56. The third-order valence-electron chi connectivity index (χ3n) is 5.22. The largest absolute Gasteiger partial charge is 0.444 e. The smallest absolute Gasteiger partial charge is 0.407 e. The van der Waals surface area contributed by atoms with Gasteiger partial charge in [-0.25, -0.2) is 19.6 Å². The van der Waals surface area contributed by atoms with Crippen LogP contribution in [-0.4, -0.2) is 36.8 Å². The lowest BCUT2D eigenvalue weighted by atomic mass is 9.91. The topological polar surface area (TPSA) is 91.0 Å². The van der Waals surface area contributed by atoms with E-state index in [4.69, 9.17) is 4.74 Å². The molecule has 2 aliphatic rings. The molecule has 27 heavy (non-hydrogen) atoms. The molecule has 146 valence electrons. The number of carbonyl (C=O) groups is 1. The monoisotopic (exact) mass is 373 g/mol. The summed E-state index contributed by atoms with van der Waals surface area (Å²) in [5.74, 6) is 0. The first-order chi connectivity index (χ1) is 12.8. The number of aromatic nitrogens is 4. The van der Waals surface area contributed by atoms with E-state index in [0.717, 1.165) is 38.5 Å². The van der Waals surface area contributed by atoms with Crippen molar-refractivity contribution in [2.24, 2.45) is 0 Å². The molecular weight excluding hydrogens is 346 g/mol. The van der Waals surface area contributed by atoms with Crippen LogP contribution >= 0.6 is 0 Å². The highest BCUT2D eigenvalue weighted by Crippen LogP contribution is 2.37. The van der Waals surface area contributed by atoms with Crippen LogP contribution in [0.5, 0.6) is 0 Å². The highest BCUT2D eigenvalue weighted by Gasteiger charge is 2.33. The van der Waals surface area contributed by atoms with Gasteiger partial charge in [0.15, 0.2) is 11.3 Å². The molecule has 1 amide bonds. The molecule has 0 radical (unpaired) electrons. The number of amides is 1. The minimum Gasteiger partial charge on any atom is -0.444 e. The molecule has 0 atom stereocenters. The number of rotatable bonds is 3. The first-order valence-electron chi connectivity index (χ1n) is 9.76. The van der Waals surface area contributed by atoms with Crippen LogP contribution in [0.25, 0.3) is 11.3 Å². The molecule has 0 saturated heterocycles. The zero-order valence-corrected chi connectivity index (χ0v) is 16.1. The van der Waals surface area contributed by atoms with Crippen LogP contribution in [0.4, 0.5) is 4.79 Å². The van der Waals surface area contributed by atoms with Crippen molar-refractivity contribution in [1.29, 1.82) is 0 Å². The maximum absolute atomic E-state index is 13.0. The number of ether oxygens (including phenoxy) is 1. The first kappa shape index (κ1) is 18.0. The van der Waals surface area contributed by atoms with Gasteiger partial charge in [0.1, 0.15) is 5.60 Å². The van der Waals surface area contributed by atoms with E-state index in [1.165, 1.54) is 0 Å². The van der Waals surface area contributed by atoms with E-state index in [1.807, 2.05) is 29.9 Å². The van der Waals surface area contributed by atoms with E-state index >= 15 is 0 Å². The van der Waals surface area contributed by atoms with Crippen molar-refractivity contribution in [2.45, 2.75) is 83.0 Å². The molecule has 2 aliphatic carbocycles. The Morgan fingerprint density at radius 1 is 1.00 bits per heavy atom. The molecule has 0 aromatic carbocycles. The Labute approximate surface area is 157 Å². The van der Waals surface area contributed by atoms with Crippen molar-refractivity contribution in [3.63, 3.8) is 0 Å². The van der Waals surface area contributed by atoms with Crippen molar-refractivity contribution in [3.05, 3.63) is 22.9 Å². The number of carbonyl (C=O) groups excluding carboxylic acids is 1. The molecule has 2 aromatic rings. The molecule has 2 fully saturated rings. The summed E-state index contributed by atoms with van der Waals surface area (Å²) in [5.41, 5.74) is 0.872. The van der Waals surface area contributed by atoms with Gasteiger partial charge in [0, 0.05) is 30.5 Å². The van der Waals surface area contributed by atoms with E-state index in [9.17, 15) is 9.59 Å².